The van der Waals surface area contributed by atoms with Crippen LogP contribution in [0.25, 0.3) is 0 Å². The SMILES string of the molecule is CCCC1NC(=O)N(CC(=O)c2ccc(Cl)s2)C1=O. The van der Waals surface area contributed by atoms with Gasteiger partial charge in [-0.2, -0.15) is 0 Å². The zero-order valence-electron chi connectivity index (χ0n) is 10.3. The Morgan fingerprint density at radius 1 is 1.47 bits per heavy atom. The van der Waals surface area contributed by atoms with Crippen molar-refractivity contribution in [1.29, 1.82) is 0 Å². The van der Waals surface area contributed by atoms with Crippen molar-refractivity contribution in [2.24, 2.45) is 0 Å². The third kappa shape index (κ3) is 2.96. The number of nitrogens with zero attached hydrogens (tertiary/aromatic N) is 1. The van der Waals surface area contributed by atoms with Gasteiger partial charge in [-0.25, -0.2) is 4.79 Å². The average molecular weight is 301 g/mol. The fourth-order valence-corrected chi connectivity index (χ4v) is 2.87. The third-order valence-electron chi connectivity index (χ3n) is 2.83. The van der Waals surface area contributed by atoms with E-state index in [-0.39, 0.29) is 18.2 Å². The quantitative estimate of drug-likeness (QED) is 0.670. The lowest BCUT2D eigenvalue weighted by Gasteiger charge is -2.11. The van der Waals surface area contributed by atoms with E-state index in [9.17, 15) is 14.4 Å². The molecule has 1 aliphatic heterocycles. The van der Waals surface area contributed by atoms with Gasteiger partial charge < -0.3 is 5.32 Å². The van der Waals surface area contributed by atoms with Gasteiger partial charge in [-0.05, 0) is 18.6 Å². The first-order chi connectivity index (χ1) is 9.02. The molecule has 3 amide bonds. The Morgan fingerprint density at radius 2 is 2.21 bits per heavy atom. The minimum Gasteiger partial charge on any atom is -0.326 e. The molecule has 1 aromatic heterocycles. The maximum Gasteiger partial charge on any atom is 0.325 e. The molecule has 1 atom stereocenters. The van der Waals surface area contributed by atoms with E-state index in [4.69, 9.17) is 11.6 Å². The largest absolute Gasteiger partial charge is 0.326 e. The molecule has 0 radical (unpaired) electrons. The fourth-order valence-electron chi connectivity index (χ4n) is 1.90. The number of ketones is 1. The van der Waals surface area contributed by atoms with Crippen molar-refractivity contribution in [3.05, 3.63) is 21.3 Å². The molecule has 0 spiro atoms. The molecule has 102 valence electrons. The van der Waals surface area contributed by atoms with Gasteiger partial charge in [-0.15, -0.1) is 11.3 Å². The molecule has 1 N–H and O–H groups in total. The Morgan fingerprint density at radius 3 is 2.79 bits per heavy atom. The molecular formula is C12H13ClN2O3S. The van der Waals surface area contributed by atoms with E-state index in [0.717, 1.165) is 22.7 Å². The van der Waals surface area contributed by atoms with Gasteiger partial charge in [0.1, 0.15) is 6.04 Å². The molecule has 0 aromatic carbocycles. The first kappa shape index (κ1) is 14.0. The van der Waals surface area contributed by atoms with Gasteiger partial charge in [0.05, 0.1) is 15.8 Å². The van der Waals surface area contributed by atoms with E-state index in [1.54, 1.807) is 12.1 Å². The summed E-state index contributed by atoms with van der Waals surface area (Å²) < 4.78 is 0.504. The Balaban J connectivity index is 2.05. The molecular weight excluding hydrogens is 288 g/mol. The van der Waals surface area contributed by atoms with Crippen LogP contribution in [0.5, 0.6) is 0 Å². The van der Waals surface area contributed by atoms with Crippen molar-refractivity contribution < 1.29 is 14.4 Å². The van der Waals surface area contributed by atoms with Gasteiger partial charge in [0.15, 0.2) is 5.78 Å². The van der Waals surface area contributed by atoms with Crippen molar-refractivity contribution in [3.8, 4) is 0 Å². The molecule has 2 heterocycles. The first-order valence-corrected chi connectivity index (χ1v) is 7.12. The standard InChI is InChI=1S/C12H13ClN2O3S/c1-2-3-7-11(17)15(12(18)14-7)6-8(16)9-4-5-10(13)19-9/h4-5,7H,2-3,6H2,1H3,(H,14,18). The van der Waals surface area contributed by atoms with Gasteiger partial charge in [-0.1, -0.05) is 24.9 Å². The van der Waals surface area contributed by atoms with Gasteiger partial charge >= 0.3 is 6.03 Å². The molecule has 0 bridgehead atoms. The number of hydrogen-bond acceptors (Lipinski definition) is 4. The number of carbonyl (C=O) groups excluding carboxylic acids is 3. The molecule has 1 unspecified atom stereocenters. The monoisotopic (exact) mass is 300 g/mol. The van der Waals surface area contributed by atoms with Crippen LogP contribution in [0.4, 0.5) is 4.79 Å². The number of nitrogens with one attached hydrogen (secondary N) is 1. The van der Waals surface area contributed by atoms with Crippen LogP contribution in [0.3, 0.4) is 0 Å². The van der Waals surface area contributed by atoms with E-state index in [0.29, 0.717) is 15.6 Å². The maximum atomic E-state index is 11.9. The molecule has 0 saturated carbocycles. The third-order valence-corrected chi connectivity index (χ3v) is 4.11. The van der Waals surface area contributed by atoms with E-state index < -0.39 is 12.1 Å². The number of thiophene rings is 1. The minimum atomic E-state index is -0.503. The topological polar surface area (TPSA) is 66.5 Å². The highest BCUT2D eigenvalue weighted by Crippen LogP contribution is 2.22. The summed E-state index contributed by atoms with van der Waals surface area (Å²) in [4.78, 5) is 37.0. The number of imide groups is 1. The van der Waals surface area contributed by atoms with Gasteiger partial charge in [0.25, 0.3) is 5.91 Å². The van der Waals surface area contributed by atoms with Gasteiger partial charge in [0.2, 0.25) is 0 Å². The van der Waals surface area contributed by atoms with Crippen LogP contribution in [-0.2, 0) is 4.79 Å². The first-order valence-electron chi connectivity index (χ1n) is 5.93. The Kier molecular flexibility index (Phi) is 4.21. The summed E-state index contributed by atoms with van der Waals surface area (Å²) in [5.74, 6) is -0.611. The number of rotatable bonds is 5. The van der Waals surface area contributed by atoms with Crippen LogP contribution in [-0.4, -0.2) is 35.2 Å². The summed E-state index contributed by atoms with van der Waals surface area (Å²) in [5.41, 5.74) is 0. The van der Waals surface area contributed by atoms with Crippen LogP contribution in [0.2, 0.25) is 4.34 Å². The number of amides is 3. The van der Waals surface area contributed by atoms with Crippen molar-refractivity contribution in [2.75, 3.05) is 6.54 Å². The molecule has 0 aliphatic carbocycles. The van der Waals surface area contributed by atoms with Crippen LogP contribution in [0, 0.1) is 0 Å². The van der Waals surface area contributed by atoms with Crippen molar-refractivity contribution in [1.82, 2.24) is 10.2 Å². The van der Waals surface area contributed by atoms with Crippen LogP contribution in [0.1, 0.15) is 29.4 Å². The Bertz CT molecular complexity index is 529. The lowest BCUT2D eigenvalue weighted by Crippen LogP contribution is -2.36. The number of hydrogen-bond donors (Lipinski definition) is 1. The van der Waals surface area contributed by atoms with E-state index in [2.05, 4.69) is 5.32 Å². The summed E-state index contributed by atoms with van der Waals surface area (Å²) in [6, 6.07) is 2.21. The van der Waals surface area contributed by atoms with Crippen LogP contribution < -0.4 is 5.32 Å². The molecule has 19 heavy (non-hydrogen) atoms. The second-order valence-corrected chi connectivity index (χ2v) is 5.96. The highest BCUT2D eigenvalue weighted by Gasteiger charge is 2.38. The summed E-state index contributed by atoms with van der Waals surface area (Å²) in [5, 5.41) is 2.58. The second kappa shape index (κ2) is 5.71. The van der Waals surface area contributed by atoms with Gasteiger partial charge in [0, 0.05) is 0 Å². The fraction of sp³-hybridized carbons (Fsp3) is 0.417. The maximum absolute atomic E-state index is 11.9. The van der Waals surface area contributed by atoms with Crippen molar-refractivity contribution >= 4 is 40.7 Å². The van der Waals surface area contributed by atoms with Crippen molar-refractivity contribution in [3.63, 3.8) is 0 Å². The zero-order chi connectivity index (χ0) is 14.0. The highest BCUT2D eigenvalue weighted by molar-refractivity contribution is 7.18. The van der Waals surface area contributed by atoms with E-state index in [1.807, 2.05) is 6.92 Å². The minimum absolute atomic E-state index is 0.234. The second-order valence-electron chi connectivity index (χ2n) is 4.24. The molecule has 2 rings (SSSR count). The Labute approximate surface area is 119 Å². The number of carbonyl (C=O) groups is 3. The van der Waals surface area contributed by atoms with Crippen LogP contribution in [0.15, 0.2) is 12.1 Å². The predicted molar refractivity (Wildman–Crippen MR) is 72.6 cm³/mol. The number of halogens is 1. The number of Topliss-reactive ketones (excluding diaryl/α,β-unsaturated/α-hetero) is 1. The van der Waals surface area contributed by atoms with Gasteiger partial charge in [-0.3, -0.25) is 14.5 Å². The molecule has 5 nitrogen and oxygen atoms in total. The summed E-state index contributed by atoms with van der Waals surface area (Å²) in [6.45, 7) is 1.70. The lowest BCUT2D eigenvalue weighted by atomic mass is 10.1. The molecule has 1 aromatic rings. The van der Waals surface area contributed by atoms with E-state index >= 15 is 0 Å². The molecule has 1 saturated heterocycles. The summed E-state index contributed by atoms with van der Waals surface area (Å²) in [7, 11) is 0. The zero-order valence-corrected chi connectivity index (χ0v) is 11.9. The van der Waals surface area contributed by atoms with Crippen LogP contribution >= 0.6 is 22.9 Å². The summed E-state index contributed by atoms with van der Waals surface area (Å²) >= 11 is 6.89. The average Bonchev–Trinajstić information content (AvgIpc) is 2.90. The molecule has 1 aliphatic rings. The molecule has 1 fully saturated rings. The predicted octanol–water partition coefficient (Wildman–Crippen LogP) is 2.30. The van der Waals surface area contributed by atoms with E-state index in [1.165, 1.54) is 0 Å². The van der Waals surface area contributed by atoms with Crippen molar-refractivity contribution in [2.45, 2.75) is 25.8 Å². The normalized spacial score (nSPS) is 18.8. The highest BCUT2D eigenvalue weighted by atomic mass is 35.5. The lowest BCUT2D eigenvalue weighted by molar-refractivity contribution is -0.127. The number of urea groups is 1. The molecule has 7 heteroatoms. The smallest absolute Gasteiger partial charge is 0.325 e. The Hall–Kier alpha value is -1.40. The summed E-state index contributed by atoms with van der Waals surface area (Å²) in [6.07, 6.45) is 1.37.